The Balaban J connectivity index is 1.68. The molecule has 0 saturated heterocycles. The lowest BCUT2D eigenvalue weighted by Gasteiger charge is -2.14. The molecule has 0 spiro atoms. The minimum Gasteiger partial charge on any atom is -0.480 e. The molecule has 0 bridgehead atoms. The smallest absolute Gasteiger partial charge is 0.412 e. The zero-order valence-electron chi connectivity index (χ0n) is 24.5. The van der Waals surface area contributed by atoms with Crippen LogP contribution in [0.5, 0.6) is 11.5 Å². The van der Waals surface area contributed by atoms with Gasteiger partial charge in [0.1, 0.15) is 13.1 Å². The van der Waals surface area contributed by atoms with Gasteiger partial charge >= 0.3 is 24.1 Å². The fourth-order valence-corrected chi connectivity index (χ4v) is 3.90. The zero-order valence-corrected chi connectivity index (χ0v) is 24.5. The first-order chi connectivity index (χ1) is 22.0. The Kier molecular flexibility index (Phi) is 12.8. The quantitative estimate of drug-likeness (QED) is 0.0683. The molecule has 46 heavy (non-hydrogen) atoms. The highest BCUT2D eigenvalue weighted by Crippen LogP contribution is 2.44. The summed E-state index contributed by atoms with van der Waals surface area (Å²) in [5.74, 6) is -3.98. The van der Waals surface area contributed by atoms with Gasteiger partial charge in [-0.15, -0.1) is 0 Å². The summed E-state index contributed by atoms with van der Waals surface area (Å²) in [6.45, 7) is 0.268. The van der Waals surface area contributed by atoms with Gasteiger partial charge in [-0.25, -0.2) is 9.59 Å². The predicted molar refractivity (Wildman–Crippen MR) is 159 cm³/mol. The van der Waals surface area contributed by atoms with Crippen molar-refractivity contribution < 1.29 is 57.7 Å². The number of carbonyl (C=O) groups is 7. The van der Waals surface area contributed by atoms with Gasteiger partial charge in [0, 0.05) is 43.9 Å². The number of nitrogens with one attached hydrogen (secondary N) is 6. The van der Waals surface area contributed by atoms with Crippen LogP contribution >= 0.6 is 0 Å². The van der Waals surface area contributed by atoms with Gasteiger partial charge < -0.3 is 56.0 Å². The summed E-state index contributed by atoms with van der Waals surface area (Å²) in [5, 5.41) is 32.9. The van der Waals surface area contributed by atoms with Crippen molar-refractivity contribution in [2.75, 3.05) is 52.4 Å². The van der Waals surface area contributed by atoms with Crippen molar-refractivity contribution in [3.8, 4) is 11.5 Å². The molecule has 1 aromatic heterocycles. The number of carboxylic acid groups (broad SMARTS) is 2. The number of aliphatic carboxylic acids is 2. The second-order valence-electron chi connectivity index (χ2n) is 9.44. The number of benzene rings is 2. The lowest BCUT2D eigenvalue weighted by molar-refractivity contribution is -0.138. The molecular weight excluding hydrogens is 612 g/mol. The van der Waals surface area contributed by atoms with E-state index in [1.807, 2.05) is 0 Å². The minimum atomic E-state index is -1.18. The molecule has 0 radical (unpaired) electrons. The molecular formula is C28H32N6O12. The summed E-state index contributed by atoms with van der Waals surface area (Å²) in [6.07, 6.45) is -1.76. The monoisotopic (exact) mass is 644 g/mol. The van der Waals surface area contributed by atoms with E-state index in [4.69, 9.17) is 24.1 Å². The Morgan fingerprint density at radius 1 is 0.652 bits per heavy atom. The molecule has 1 heterocycles. The average molecular weight is 645 g/mol. The first kappa shape index (κ1) is 34.7. The second kappa shape index (κ2) is 16.9. The molecule has 0 unspecified atom stereocenters. The molecule has 3 aromatic rings. The maximum Gasteiger partial charge on any atom is 0.412 e. The van der Waals surface area contributed by atoms with Crippen molar-refractivity contribution in [2.45, 2.75) is 6.92 Å². The number of amides is 4. The van der Waals surface area contributed by atoms with E-state index < -0.39 is 54.8 Å². The van der Waals surface area contributed by atoms with E-state index in [0.29, 0.717) is 10.8 Å². The largest absolute Gasteiger partial charge is 0.480 e. The van der Waals surface area contributed by atoms with Gasteiger partial charge in [0.15, 0.2) is 28.6 Å². The standard InChI is InChI=1S/C28H32N6O12/c1-15(35)19-10-18-24(45-27(42)31-8-6-29-11-20(36)33-13-22(38)39)16-4-2-3-5-17(16)25(26(18)44-19)46-28(43)32-9-7-30-12-21(37)34-14-23(40)41/h2-5,10,29-30H,6-9,11-14H2,1H3,(H,31,42)(H,32,43)(H,33,36)(H,34,37)(H,38,39)(H,40,41). The highest BCUT2D eigenvalue weighted by Gasteiger charge is 2.25. The summed E-state index contributed by atoms with van der Waals surface area (Å²) in [7, 11) is 0. The number of carboxylic acids is 2. The number of carbonyl (C=O) groups excluding carboxylic acids is 5. The number of furan rings is 1. The van der Waals surface area contributed by atoms with Crippen molar-refractivity contribution in [1.82, 2.24) is 31.9 Å². The molecule has 0 atom stereocenters. The van der Waals surface area contributed by atoms with Gasteiger partial charge in [0.05, 0.1) is 18.5 Å². The molecule has 246 valence electrons. The van der Waals surface area contributed by atoms with Crippen LogP contribution in [0.1, 0.15) is 17.5 Å². The van der Waals surface area contributed by atoms with E-state index in [1.165, 1.54) is 13.0 Å². The van der Waals surface area contributed by atoms with Gasteiger partial charge in [-0.3, -0.25) is 24.0 Å². The number of hydrogen-bond donors (Lipinski definition) is 8. The van der Waals surface area contributed by atoms with Crippen LogP contribution in [-0.4, -0.2) is 104 Å². The molecule has 3 rings (SSSR count). The molecule has 0 aliphatic rings. The van der Waals surface area contributed by atoms with E-state index in [1.54, 1.807) is 24.3 Å². The number of Topliss-reactive ketones (excluding diaryl/α,β-unsaturated/α-hetero) is 1. The second-order valence-corrected chi connectivity index (χ2v) is 9.44. The molecule has 2 aromatic carbocycles. The van der Waals surface area contributed by atoms with Gasteiger partial charge in [-0.1, -0.05) is 24.3 Å². The maximum absolute atomic E-state index is 12.7. The lowest BCUT2D eigenvalue weighted by Crippen LogP contribution is -2.40. The fourth-order valence-electron chi connectivity index (χ4n) is 3.90. The molecule has 18 heteroatoms. The van der Waals surface area contributed by atoms with Crippen LogP contribution in [-0.2, 0) is 19.2 Å². The van der Waals surface area contributed by atoms with E-state index in [-0.39, 0.29) is 67.5 Å². The molecule has 0 saturated carbocycles. The highest BCUT2D eigenvalue weighted by molar-refractivity contribution is 6.12. The van der Waals surface area contributed by atoms with Crippen molar-refractivity contribution in [2.24, 2.45) is 0 Å². The highest BCUT2D eigenvalue weighted by atomic mass is 16.6. The normalized spacial score (nSPS) is 10.6. The molecule has 0 aliphatic heterocycles. The Bertz CT molecular complexity index is 1530. The molecule has 8 N–H and O–H groups in total. The van der Waals surface area contributed by atoms with Gasteiger partial charge in [-0.05, 0) is 6.07 Å². The summed E-state index contributed by atoms with van der Waals surface area (Å²) in [4.78, 5) is 81.7. The minimum absolute atomic E-state index is 0.0264. The maximum atomic E-state index is 12.7. The van der Waals surface area contributed by atoms with E-state index in [9.17, 15) is 33.6 Å². The average Bonchev–Trinajstić information content (AvgIpc) is 3.46. The topological polar surface area (TPSA) is 264 Å². The van der Waals surface area contributed by atoms with Crippen molar-refractivity contribution in [3.05, 3.63) is 36.1 Å². The van der Waals surface area contributed by atoms with Gasteiger partial charge in [0.2, 0.25) is 11.8 Å². The van der Waals surface area contributed by atoms with Crippen molar-refractivity contribution in [1.29, 1.82) is 0 Å². The number of fused-ring (bicyclic) bond motifs is 2. The first-order valence-electron chi connectivity index (χ1n) is 13.7. The number of rotatable bonds is 17. The van der Waals surface area contributed by atoms with Crippen molar-refractivity contribution >= 4 is 63.5 Å². The van der Waals surface area contributed by atoms with E-state index >= 15 is 0 Å². The van der Waals surface area contributed by atoms with Crippen LogP contribution in [0, 0.1) is 0 Å². The summed E-state index contributed by atoms with van der Waals surface area (Å²) >= 11 is 0. The summed E-state index contributed by atoms with van der Waals surface area (Å²) in [5.41, 5.74) is -0.0379. The SMILES string of the molecule is CC(=O)c1cc2c(OC(=O)NCCNCC(=O)NCC(=O)O)c3ccccc3c(OC(=O)NCCNCC(=O)NCC(=O)O)c2o1. The summed E-state index contributed by atoms with van der Waals surface area (Å²) < 4.78 is 16.9. The van der Waals surface area contributed by atoms with Crippen LogP contribution in [0.2, 0.25) is 0 Å². The molecule has 0 aliphatic carbocycles. The van der Waals surface area contributed by atoms with E-state index in [2.05, 4.69) is 31.9 Å². The third-order valence-corrected chi connectivity index (χ3v) is 5.92. The predicted octanol–water partition coefficient (Wildman–Crippen LogP) is -0.454. The van der Waals surface area contributed by atoms with Crippen LogP contribution in [0.15, 0.2) is 34.7 Å². The van der Waals surface area contributed by atoms with Crippen LogP contribution in [0.4, 0.5) is 9.59 Å². The third kappa shape index (κ3) is 10.5. The molecule has 0 fully saturated rings. The first-order valence-corrected chi connectivity index (χ1v) is 13.7. The number of ketones is 1. The number of ether oxygens (including phenoxy) is 2. The zero-order chi connectivity index (χ0) is 33.6. The van der Waals surface area contributed by atoms with Crippen LogP contribution < -0.4 is 41.4 Å². The fraction of sp³-hybridized carbons (Fsp3) is 0.321. The van der Waals surface area contributed by atoms with Crippen molar-refractivity contribution in [3.63, 3.8) is 0 Å². The van der Waals surface area contributed by atoms with Gasteiger partial charge in [-0.2, -0.15) is 0 Å². The Labute approximate surface area is 260 Å². The number of hydrogen-bond acceptors (Lipinski definition) is 12. The molecule has 18 nitrogen and oxygen atoms in total. The van der Waals surface area contributed by atoms with Crippen LogP contribution in [0.25, 0.3) is 21.7 Å². The van der Waals surface area contributed by atoms with E-state index in [0.717, 1.165) is 0 Å². The third-order valence-electron chi connectivity index (χ3n) is 5.92. The molecule has 4 amide bonds. The lowest BCUT2D eigenvalue weighted by atomic mass is 10.1. The summed E-state index contributed by atoms with van der Waals surface area (Å²) in [6, 6.07) is 7.86. The van der Waals surface area contributed by atoms with Crippen LogP contribution in [0.3, 0.4) is 0 Å². The van der Waals surface area contributed by atoms with Gasteiger partial charge in [0.25, 0.3) is 0 Å². The Hall–Kier alpha value is -5.75. The Morgan fingerprint density at radius 2 is 1.13 bits per heavy atom. The Morgan fingerprint density at radius 3 is 1.61 bits per heavy atom.